The molecule has 0 heterocycles. The predicted molar refractivity (Wildman–Crippen MR) is 86.1 cm³/mol. The van der Waals surface area contributed by atoms with Crippen LogP contribution in [0.2, 0.25) is 0 Å². The van der Waals surface area contributed by atoms with Gasteiger partial charge in [-0.05, 0) is 47.0 Å². The molecule has 0 saturated heterocycles. The molecule has 0 spiro atoms. The topological polar surface area (TPSA) is 105 Å². The van der Waals surface area contributed by atoms with E-state index in [9.17, 15) is 8.42 Å². The highest BCUT2D eigenvalue weighted by Crippen LogP contribution is 2.29. The highest BCUT2D eigenvalue weighted by atomic mass is 79.9. The first-order chi connectivity index (χ1) is 9.94. The maximum absolute atomic E-state index is 12.4. The Kier molecular flexibility index (Phi) is 5.10. The van der Waals surface area contributed by atoms with Crippen LogP contribution in [0.1, 0.15) is 37.7 Å². The van der Waals surface area contributed by atoms with Crippen LogP contribution in [-0.2, 0) is 10.0 Å². The number of nitrogens with zero attached hydrogens (tertiary/aromatic N) is 1. The van der Waals surface area contributed by atoms with Crippen LogP contribution in [0.15, 0.2) is 27.8 Å². The maximum atomic E-state index is 12.4. The summed E-state index contributed by atoms with van der Waals surface area (Å²) >= 11 is 3.30. The molecule has 4 N–H and O–H groups in total. The maximum Gasteiger partial charge on any atom is 0.235 e. The second-order valence-electron chi connectivity index (χ2n) is 5.09. The fraction of sp³-hybridized carbons (Fsp3) is 0.462. The summed E-state index contributed by atoms with van der Waals surface area (Å²) in [4.78, 5) is 0. The molecule has 0 unspecified atom stereocenters. The average Bonchev–Trinajstić information content (AvgIpc) is 2.49. The Labute approximate surface area is 132 Å². The van der Waals surface area contributed by atoms with Crippen molar-refractivity contribution in [2.24, 2.45) is 10.9 Å². The molecule has 2 rings (SSSR count). The molecule has 1 aliphatic rings. The van der Waals surface area contributed by atoms with Gasteiger partial charge in [-0.15, -0.1) is 0 Å². The van der Waals surface area contributed by atoms with Crippen LogP contribution in [0.5, 0.6) is 0 Å². The SMILES string of the molecule is N/C(=N/O)c1ccc(NS(=O)(=O)C2CCCCC2)c(Br)c1. The zero-order valence-electron chi connectivity index (χ0n) is 11.4. The zero-order valence-corrected chi connectivity index (χ0v) is 13.8. The molecule has 6 nitrogen and oxygen atoms in total. The molecule has 116 valence electrons. The van der Waals surface area contributed by atoms with Crippen molar-refractivity contribution in [1.29, 1.82) is 0 Å². The lowest BCUT2D eigenvalue weighted by molar-refractivity contribution is 0.318. The molecule has 1 saturated carbocycles. The number of nitrogens with two attached hydrogens (primary N) is 1. The fourth-order valence-electron chi connectivity index (χ4n) is 2.43. The number of benzene rings is 1. The van der Waals surface area contributed by atoms with Crippen molar-refractivity contribution in [1.82, 2.24) is 0 Å². The van der Waals surface area contributed by atoms with E-state index in [2.05, 4.69) is 25.8 Å². The van der Waals surface area contributed by atoms with Crippen molar-refractivity contribution in [2.45, 2.75) is 37.4 Å². The van der Waals surface area contributed by atoms with Gasteiger partial charge in [0.2, 0.25) is 10.0 Å². The zero-order chi connectivity index (χ0) is 15.5. The number of sulfonamides is 1. The van der Waals surface area contributed by atoms with E-state index >= 15 is 0 Å². The summed E-state index contributed by atoms with van der Waals surface area (Å²) in [6, 6.07) is 4.80. The Bertz CT molecular complexity index is 640. The van der Waals surface area contributed by atoms with Crippen molar-refractivity contribution in [3.05, 3.63) is 28.2 Å². The van der Waals surface area contributed by atoms with Crippen LogP contribution in [-0.4, -0.2) is 24.7 Å². The Morgan fingerprint density at radius 2 is 2.00 bits per heavy atom. The standard InChI is InChI=1S/C13H18BrN3O3S/c14-11-8-9(13(15)16-18)6-7-12(11)17-21(19,20)10-4-2-1-3-5-10/h6-8,10,17-18H,1-5H2,(H2,15,16). The van der Waals surface area contributed by atoms with Gasteiger partial charge in [0, 0.05) is 10.0 Å². The van der Waals surface area contributed by atoms with Crippen LogP contribution < -0.4 is 10.5 Å². The third-order valence-corrected chi connectivity index (χ3v) is 6.13. The van der Waals surface area contributed by atoms with Crippen LogP contribution in [0.25, 0.3) is 0 Å². The molecule has 0 radical (unpaired) electrons. The first kappa shape index (κ1) is 16.1. The Balaban J connectivity index is 2.19. The molecule has 0 bridgehead atoms. The number of nitrogens with one attached hydrogen (secondary N) is 1. The minimum atomic E-state index is -3.39. The third kappa shape index (κ3) is 3.88. The second kappa shape index (κ2) is 6.65. The van der Waals surface area contributed by atoms with Gasteiger partial charge in [-0.3, -0.25) is 4.72 Å². The minimum absolute atomic E-state index is 0.0302. The number of hydrogen-bond donors (Lipinski definition) is 3. The Hall–Kier alpha value is -1.28. The Morgan fingerprint density at radius 1 is 1.33 bits per heavy atom. The van der Waals surface area contributed by atoms with Gasteiger partial charge in [-0.1, -0.05) is 24.4 Å². The van der Waals surface area contributed by atoms with E-state index in [4.69, 9.17) is 10.9 Å². The molecular weight excluding hydrogens is 358 g/mol. The normalized spacial score (nSPS) is 17.7. The highest BCUT2D eigenvalue weighted by Gasteiger charge is 2.27. The van der Waals surface area contributed by atoms with E-state index in [-0.39, 0.29) is 11.1 Å². The molecular formula is C13H18BrN3O3S. The molecule has 1 aliphatic carbocycles. The van der Waals surface area contributed by atoms with Crippen molar-refractivity contribution in [2.75, 3.05) is 4.72 Å². The lowest BCUT2D eigenvalue weighted by Crippen LogP contribution is -2.29. The molecule has 1 aromatic rings. The first-order valence-corrected chi connectivity index (χ1v) is 9.07. The summed E-state index contributed by atoms with van der Waals surface area (Å²) in [6.45, 7) is 0. The molecule has 0 aliphatic heterocycles. The predicted octanol–water partition coefficient (Wildman–Crippen LogP) is 2.62. The first-order valence-electron chi connectivity index (χ1n) is 6.73. The summed E-state index contributed by atoms with van der Waals surface area (Å²) < 4.78 is 27.9. The number of amidine groups is 1. The van der Waals surface area contributed by atoms with E-state index in [1.807, 2.05) is 0 Å². The molecule has 1 fully saturated rings. The number of halogens is 1. The minimum Gasteiger partial charge on any atom is -0.409 e. The van der Waals surface area contributed by atoms with Gasteiger partial charge in [0.25, 0.3) is 0 Å². The van der Waals surface area contributed by atoms with Gasteiger partial charge in [0.1, 0.15) is 0 Å². The molecule has 0 aromatic heterocycles. The van der Waals surface area contributed by atoms with Gasteiger partial charge in [-0.25, -0.2) is 8.42 Å². The van der Waals surface area contributed by atoms with E-state index in [1.165, 1.54) is 0 Å². The largest absolute Gasteiger partial charge is 0.409 e. The van der Waals surface area contributed by atoms with Crippen LogP contribution >= 0.6 is 15.9 Å². The van der Waals surface area contributed by atoms with E-state index in [0.717, 1.165) is 19.3 Å². The lowest BCUT2D eigenvalue weighted by Gasteiger charge is -2.22. The molecule has 1 aromatic carbocycles. The number of anilines is 1. The van der Waals surface area contributed by atoms with Crippen molar-refractivity contribution < 1.29 is 13.6 Å². The molecule has 8 heteroatoms. The van der Waals surface area contributed by atoms with Crippen LogP contribution in [0, 0.1) is 0 Å². The van der Waals surface area contributed by atoms with Gasteiger partial charge in [0.05, 0.1) is 10.9 Å². The van der Waals surface area contributed by atoms with E-state index in [1.54, 1.807) is 18.2 Å². The Morgan fingerprint density at radius 3 is 2.57 bits per heavy atom. The molecule has 0 amide bonds. The smallest absolute Gasteiger partial charge is 0.235 e. The second-order valence-corrected chi connectivity index (χ2v) is 7.90. The highest BCUT2D eigenvalue weighted by molar-refractivity contribution is 9.10. The number of oxime groups is 1. The average molecular weight is 376 g/mol. The van der Waals surface area contributed by atoms with Crippen molar-refractivity contribution in [3.8, 4) is 0 Å². The third-order valence-electron chi connectivity index (χ3n) is 3.62. The molecule has 0 atom stereocenters. The van der Waals surface area contributed by atoms with Crippen LogP contribution in [0.3, 0.4) is 0 Å². The monoisotopic (exact) mass is 375 g/mol. The summed E-state index contributed by atoms with van der Waals surface area (Å²) in [5.41, 5.74) is 6.46. The summed E-state index contributed by atoms with van der Waals surface area (Å²) in [7, 11) is -3.39. The summed E-state index contributed by atoms with van der Waals surface area (Å²) in [5.74, 6) is -0.0302. The van der Waals surface area contributed by atoms with Gasteiger partial charge in [0.15, 0.2) is 5.84 Å². The van der Waals surface area contributed by atoms with Crippen LogP contribution in [0.4, 0.5) is 5.69 Å². The van der Waals surface area contributed by atoms with E-state index < -0.39 is 10.0 Å². The van der Waals surface area contributed by atoms with E-state index in [0.29, 0.717) is 28.6 Å². The lowest BCUT2D eigenvalue weighted by atomic mass is 10.0. The van der Waals surface area contributed by atoms with Crippen molar-refractivity contribution in [3.63, 3.8) is 0 Å². The number of hydrogen-bond acceptors (Lipinski definition) is 4. The molecule has 21 heavy (non-hydrogen) atoms. The van der Waals surface area contributed by atoms with Gasteiger partial charge in [-0.2, -0.15) is 0 Å². The number of rotatable bonds is 4. The summed E-state index contributed by atoms with van der Waals surface area (Å²) in [6.07, 6.45) is 4.42. The van der Waals surface area contributed by atoms with Crippen molar-refractivity contribution >= 4 is 37.5 Å². The summed E-state index contributed by atoms with van der Waals surface area (Å²) in [5, 5.41) is 11.2. The van der Waals surface area contributed by atoms with Gasteiger partial charge < -0.3 is 10.9 Å². The fourth-order valence-corrected chi connectivity index (χ4v) is 4.64. The van der Waals surface area contributed by atoms with Gasteiger partial charge >= 0.3 is 0 Å². The quantitative estimate of drug-likeness (QED) is 0.325.